The van der Waals surface area contributed by atoms with E-state index in [-0.39, 0.29) is 0 Å². The second-order valence-electron chi connectivity index (χ2n) is 6.57. The zero-order valence-corrected chi connectivity index (χ0v) is 16.3. The van der Waals surface area contributed by atoms with Crippen molar-refractivity contribution in [2.24, 2.45) is 0 Å². The third-order valence-corrected chi connectivity index (χ3v) is 4.48. The highest BCUT2D eigenvalue weighted by molar-refractivity contribution is 5.87. The maximum absolute atomic E-state index is 6.08. The Labute approximate surface area is 169 Å². The van der Waals surface area contributed by atoms with Gasteiger partial charge < -0.3 is 18.6 Å². The van der Waals surface area contributed by atoms with E-state index in [2.05, 4.69) is 18.1 Å². The van der Waals surface area contributed by atoms with Gasteiger partial charge in [-0.1, -0.05) is 19.2 Å². The molecular formula is C24H22N2O3. The summed E-state index contributed by atoms with van der Waals surface area (Å²) >= 11 is 0. The van der Waals surface area contributed by atoms with Gasteiger partial charge in [-0.25, -0.2) is 4.98 Å². The van der Waals surface area contributed by atoms with Gasteiger partial charge in [0.2, 0.25) is 0 Å². The van der Waals surface area contributed by atoms with E-state index >= 15 is 0 Å². The van der Waals surface area contributed by atoms with Gasteiger partial charge in [0.25, 0.3) is 0 Å². The fraction of sp³-hybridized carbons (Fsp3) is 0.125. The number of rotatable bonds is 7. The summed E-state index contributed by atoms with van der Waals surface area (Å²) < 4.78 is 19.3. The minimum atomic E-state index is 0.422. The molecule has 0 bridgehead atoms. The van der Waals surface area contributed by atoms with Crippen molar-refractivity contribution >= 4 is 16.8 Å². The fourth-order valence-electron chi connectivity index (χ4n) is 3.09. The SMILES string of the molecule is C=C(/C=C\C)OCCOc1ccc2c(c1)C(=C)C=C(c1cc3cccn3cn1)O2. The molecule has 0 unspecified atom stereocenters. The lowest BCUT2D eigenvalue weighted by molar-refractivity contribution is 0.164. The monoisotopic (exact) mass is 386 g/mol. The maximum atomic E-state index is 6.08. The first-order valence-electron chi connectivity index (χ1n) is 9.37. The average Bonchev–Trinajstić information content (AvgIpc) is 3.19. The number of hydrogen-bond donors (Lipinski definition) is 0. The second kappa shape index (κ2) is 8.10. The quantitative estimate of drug-likeness (QED) is 0.315. The van der Waals surface area contributed by atoms with Crippen LogP contribution in [0.3, 0.4) is 0 Å². The zero-order valence-electron chi connectivity index (χ0n) is 16.3. The molecule has 1 aromatic carbocycles. The molecule has 3 aromatic rings. The van der Waals surface area contributed by atoms with Crippen molar-refractivity contribution in [3.8, 4) is 11.5 Å². The van der Waals surface area contributed by atoms with E-state index < -0.39 is 0 Å². The van der Waals surface area contributed by atoms with Crippen LogP contribution in [0.4, 0.5) is 0 Å². The summed E-state index contributed by atoms with van der Waals surface area (Å²) in [4.78, 5) is 4.48. The van der Waals surface area contributed by atoms with E-state index in [0.717, 1.165) is 33.8 Å². The summed E-state index contributed by atoms with van der Waals surface area (Å²) in [6, 6.07) is 11.7. The largest absolute Gasteiger partial charge is 0.491 e. The van der Waals surface area contributed by atoms with Crippen molar-refractivity contribution in [1.29, 1.82) is 0 Å². The lowest BCUT2D eigenvalue weighted by Crippen LogP contribution is -2.08. The summed E-state index contributed by atoms with van der Waals surface area (Å²) in [6.45, 7) is 10.7. The second-order valence-corrected chi connectivity index (χ2v) is 6.57. The summed E-state index contributed by atoms with van der Waals surface area (Å²) in [7, 11) is 0. The van der Waals surface area contributed by atoms with Gasteiger partial charge >= 0.3 is 0 Å². The molecule has 0 saturated carbocycles. The topological polar surface area (TPSA) is 45.0 Å². The minimum Gasteiger partial charge on any atom is -0.491 e. The Morgan fingerprint density at radius 2 is 2.14 bits per heavy atom. The summed E-state index contributed by atoms with van der Waals surface area (Å²) in [5, 5.41) is 0. The molecule has 0 spiro atoms. The highest BCUT2D eigenvalue weighted by Gasteiger charge is 2.19. The standard InChI is InChI=1S/C24H22N2O3/c1-4-6-18(3)27-11-12-28-20-8-9-23-21(15-20)17(2)13-24(29-23)22-14-19-7-5-10-26(19)16-25-22/h4-10,13-16H,2-3,11-12H2,1H3/b6-4-. The molecule has 2 aromatic heterocycles. The predicted molar refractivity (Wildman–Crippen MR) is 115 cm³/mol. The maximum Gasteiger partial charge on any atom is 0.153 e. The Bertz CT molecular complexity index is 1140. The van der Waals surface area contributed by atoms with Crippen molar-refractivity contribution in [3.63, 3.8) is 0 Å². The Kier molecular flexibility index (Phi) is 5.20. The first kappa shape index (κ1) is 18.6. The highest BCUT2D eigenvalue weighted by Crippen LogP contribution is 2.37. The fourth-order valence-corrected chi connectivity index (χ4v) is 3.09. The molecule has 0 radical (unpaired) electrons. The smallest absolute Gasteiger partial charge is 0.153 e. The van der Waals surface area contributed by atoms with Crippen LogP contribution in [0, 0.1) is 0 Å². The van der Waals surface area contributed by atoms with Gasteiger partial charge in [-0.15, -0.1) is 0 Å². The molecule has 5 nitrogen and oxygen atoms in total. The molecular weight excluding hydrogens is 364 g/mol. The Morgan fingerprint density at radius 3 is 3.00 bits per heavy atom. The minimum absolute atomic E-state index is 0.422. The Balaban J connectivity index is 1.45. The number of nitrogens with zero attached hydrogens (tertiary/aromatic N) is 2. The van der Waals surface area contributed by atoms with Gasteiger partial charge in [0.15, 0.2) is 5.76 Å². The zero-order chi connectivity index (χ0) is 20.2. The van der Waals surface area contributed by atoms with Gasteiger partial charge in [0.1, 0.15) is 36.2 Å². The van der Waals surface area contributed by atoms with Crippen molar-refractivity contribution in [2.75, 3.05) is 13.2 Å². The van der Waals surface area contributed by atoms with Gasteiger partial charge in [-0.05, 0) is 61.0 Å². The van der Waals surface area contributed by atoms with Crippen LogP contribution in [0.25, 0.3) is 16.8 Å². The van der Waals surface area contributed by atoms with Crippen molar-refractivity contribution < 1.29 is 14.2 Å². The van der Waals surface area contributed by atoms with Crippen LogP contribution < -0.4 is 9.47 Å². The number of allylic oxidation sites excluding steroid dienone is 4. The molecule has 146 valence electrons. The molecule has 0 atom stereocenters. The molecule has 0 amide bonds. The van der Waals surface area contributed by atoms with E-state index in [4.69, 9.17) is 14.2 Å². The first-order chi connectivity index (χ1) is 14.1. The van der Waals surface area contributed by atoms with Crippen molar-refractivity contribution in [1.82, 2.24) is 9.38 Å². The molecule has 5 heteroatoms. The Hall–Kier alpha value is -3.73. The van der Waals surface area contributed by atoms with E-state index in [1.165, 1.54) is 0 Å². The van der Waals surface area contributed by atoms with Crippen LogP contribution >= 0.6 is 0 Å². The number of hydrogen-bond acceptors (Lipinski definition) is 4. The molecule has 0 saturated heterocycles. The van der Waals surface area contributed by atoms with Crippen LogP contribution in [-0.4, -0.2) is 22.6 Å². The third-order valence-electron chi connectivity index (χ3n) is 4.48. The first-order valence-corrected chi connectivity index (χ1v) is 9.37. The molecule has 0 N–H and O–H groups in total. The highest BCUT2D eigenvalue weighted by atomic mass is 16.5. The number of fused-ring (bicyclic) bond motifs is 2. The van der Waals surface area contributed by atoms with Crippen LogP contribution in [0.1, 0.15) is 18.2 Å². The van der Waals surface area contributed by atoms with Gasteiger partial charge in [0.05, 0.1) is 6.33 Å². The van der Waals surface area contributed by atoms with E-state index in [0.29, 0.717) is 24.7 Å². The molecule has 3 heterocycles. The van der Waals surface area contributed by atoms with Crippen LogP contribution in [0.15, 0.2) is 86.1 Å². The molecule has 4 rings (SSSR count). The molecule has 0 aliphatic carbocycles. The van der Waals surface area contributed by atoms with E-state index in [1.54, 1.807) is 6.33 Å². The molecule has 29 heavy (non-hydrogen) atoms. The van der Waals surface area contributed by atoms with Crippen LogP contribution in [0.2, 0.25) is 0 Å². The third kappa shape index (κ3) is 4.09. The van der Waals surface area contributed by atoms with Gasteiger partial charge in [0, 0.05) is 17.3 Å². The lowest BCUT2D eigenvalue weighted by Gasteiger charge is -2.20. The molecule has 1 aliphatic heterocycles. The average molecular weight is 386 g/mol. The number of ether oxygens (including phenoxy) is 3. The number of benzene rings is 1. The van der Waals surface area contributed by atoms with E-state index in [1.807, 2.05) is 72.1 Å². The summed E-state index contributed by atoms with van der Waals surface area (Å²) in [6.07, 6.45) is 9.33. The summed E-state index contributed by atoms with van der Waals surface area (Å²) in [5.74, 6) is 2.76. The van der Waals surface area contributed by atoms with Crippen LogP contribution in [0.5, 0.6) is 11.5 Å². The predicted octanol–water partition coefficient (Wildman–Crippen LogP) is 5.27. The van der Waals surface area contributed by atoms with E-state index in [9.17, 15) is 0 Å². The van der Waals surface area contributed by atoms with Crippen molar-refractivity contribution in [3.05, 3.63) is 97.3 Å². The molecule has 1 aliphatic rings. The van der Waals surface area contributed by atoms with Gasteiger partial charge in [-0.3, -0.25) is 0 Å². The normalized spacial score (nSPS) is 13.1. The van der Waals surface area contributed by atoms with Gasteiger partial charge in [-0.2, -0.15) is 0 Å². The Morgan fingerprint density at radius 1 is 1.24 bits per heavy atom. The summed E-state index contributed by atoms with van der Waals surface area (Å²) in [5.41, 5.74) is 3.57. The molecule has 0 fully saturated rings. The lowest BCUT2D eigenvalue weighted by atomic mass is 10.0. The van der Waals surface area contributed by atoms with Crippen LogP contribution in [-0.2, 0) is 4.74 Å². The van der Waals surface area contributed by atoms with Crippen molar-refractivity contribution in [2.45, 2.75) is 6.92 Å². The number of aromatic nitrogens is 2.